The van der Waals surface area contributed by atoms with E-state index in [0.29, 0.717) is 17.7 Å². The van der Waals surface area contributed by atoms with Crippen LogP contribution in [0, 0.1) is 0 Å². The van der Waals surface area contributed by atoms with Crippen molar-refractivity contribution in [3.05, 3.63) is 45.2 Å². The number of nitrogens with one attached hydrogen (secondary N) is 1. The van der Waals surface area contributed by atoms with Gasteiger partial charge in [0.15, 0.2) is 10.8 Å². The van der Waals surface area contributed by atoms with E-state index in [-0.39, 0.29) is 20.9 Å². The minimum Gasteiger partial charge on any atom is -0.477 e. The number of aromatic nitrogens is 2. The highest BCUT2D eigenvalue weighted by molar-refractivity contribution is 8.03. The summed E-state index contributed by atoms with van der Waals surface area (Å²) < 4.78 is 0.0536. The molecule has 1 saturated heterocycles. The van der Waals surface area contributed by atoms with Crippen molar-refractivity contribution in [3.8, 4) is 0 Å². The number of carbonyl (C=O) groups excluding carboxylic acids is 2. The summed E-state index contributed by atoms with van der Waals surface area (Å²) in [4.78, 5) is 47.7. The van der Waals surface area contributed by atoms with E-state index in [2.05, 4.69) is 20.4 Å². The molecule has 4 heterocycles. The van der Waals surface area contributed by atoms with Crippen molar-refractivity contribution in [2.24, 2.45) is 5.16 Å². The molecule has 14 heteroatoms. The lowest BCUT2D eigenvalue weighted by atomic mass is 9.86. The fourth-order valence-electron chi connectivity index (χ4n) is 3.55. The summed E-state index contributed by atoms with van der Waals surface area (Å²) in [5, 5.41) is 24.5. The van der Waals surface area contributed by atoms with Crippen molar-refractivity contribution in [1.82, 2.24) is 20.2 Å². The van der Waals surface area contributed by atoms with Crippen LogP contribution in [0.2, 0.25) is 4.34 Å². The molecule has 2 aromatic heterocycles. The number of hydrogen-bond donors (Lipinski definition) is 4. The third kappa shape index (κ3) is 3.89. The van der Waals surface area contributed by atoms with E-state index in [1.165, 1.54) is 16.7 Å². The van der Waals surface area contributed by atoms with Gasteiger partial charge in [-0.3, -0.25) is 19.5 Å². The number of nitrogens with two attached hydrogens (primary N) is 1. The van der Waals surface area contributed by atoms with E-state index in [0.717, 1.165) is 16.2 Å². The molecule has 0 aliphatic carbocycles. The first-order valence-corrected chi connectivity index (χ1v) is 11.2. The van der Waals surface area contributed by atoms with Gasteiger partial charge in [-0.15, -0.1) is 0 Å². The Hall–Kier alpha value is -3.16. The minimum absolute atomic E-state index is 0.0536. The molecule has 0 aromatic carbocycles. The summed E-state index contributed by atoms with van der Waals surface area (Å²) in [7, 11) is 0. The number of pyridine rings is 1. The van der Waals surface area contributed by atoms with Crippen molar-refractivity contribution >= 4 is 63.3 Å². The second-order valence-corrected chi connectivity index (χ2v) is 9.56. The van der Waals surface area contributed by atoms with Gasteiger partial charge in [-0.05, 0) is 25.0 Å². The highest BCUT2D eigenvalue weighted by Gasteiger charge is 2.53. The third-order valence-corrected chi connectivity index (χ3v) is 7.10. The molecule has 0 saturated carbocycles. The van der Waals surface area contributed by atoms with Gasteiger partial charge in [0.1, 0.15) is 21.8 Å². The Balaban J connectivity index is 1.53. The fraction of sp³-hybridized carbons (Fsp3) is 0.222. The largest absolute Gasteiger partial charge is 0.477 e. The Kier molecular flexibility index (Phi) is 6.04. The molecule has 0 radical (unpaired) electrons. The number of nitrogen functional groups attached to an aromatic ring is 1. The Morgan fingerprint density at radius 1 is 1.44 bits per heavy atom. The van der Waals surface area contributed by atoms with Gasteiger partial charge in [-0.2, -0.15) is 0 Å². The zero-order valence-electron chi connectivity index (χ0n) is 16.1. The quantitative estimate of drug-likeness (QED) is 0.201. The Labute approximate surface area is 194 Å². The van der Waals surface area contributed by atoms with Gasteiger partial charge >= 0.3 is 5.97 Å². The fourth-order valence-corrected chi connectivity index (χ4v) is 5.53. The van der Waals surface area contributed by atoms with Gasteiger partial charge in [-0.1, -0.05) is 39.9 Å². The van der Waals surface area contributed by atoms with E-state index in [1.807, 2.05) is 0 Å². The van der Waals surface area contributed by atoms with Crippen LogP contribution in [0.1, 0.15) is 18.5 Å². The first-order valence-electron chi connectivity index (χ1n) is 9.14. The second-order valence-electron chi connectivity index (χ2n) is 6.76. The Morgan fingerprint density at radius 3 is 2.81 bits per heavy atom. The number of nitrogens with zero attached hydrogens (tertiary/aromatic N) is 4. The number of carboxylic acid groups (broad SMARTS) is 1. The van der Waals surface area contributed by atoms with Crippen LogP contribution in [0.4, 0.5) is 5.13 Å². The van der Waals surface area contributed by atoms with Crippen LogP contribution in [0.5, 0.6) is 0 Å². The van der Waals surface area contributed by atoms with Gasteiger partial charge in [0.05, 0.1) is 6.04 Å². The van der Waals surface area contributed by atoms with Gasteiger partial charge in [0, 0.05) is 22.2 Å². The maximum absolute atomic E-state index is 12.8. The average Bonchev–Trinajstić information content (AvgIpc) is 3.10. The number of hydrogen-bond acceptors (Lipinski definition) is 10. The van der Waals surface area contributed by atoms with E-state index in [4.69, 9.17) is 17.3 Å². The maximum atomic E-state index is 12.8. The minimum atomic E-state index is -1.23. The molecule has 11 nitrogen and oxygen atoms in total. The summed E-state index contributed by atoms with van der Waals surface area (Å²) in [6.07, 6.45) is 4.05. The smallest absolute Gasteiger partial charge is 0.353 e. The number of thiazole rings is 1. The summed E-state index contributed by atoms with van der Waals surface area (Å²) in [5.41, 5.74) is 4.84. The van der Waals surface area contributed by atoms with E-state index >= 15 is 0 Å². The van der Waals surface area contributed by atoms with Crippen molar-refractivity contribution in [1.29, 1.82) is 0 Å². The van der Waals surface area contributed by atoms with Crippen LogP contribution >= 0.6 is 34.7 Å². The lowest BCUT2D eigenvalue weighted by Crippen LogP contribution is -2.72. The van der Waals surface area contributed by atoms with E-state index in [1.54, 1.807) is 24.5 Å². The molecular weight excluding hydrogens is 480 g/mol. The van der Waals surface area contributed by atoms with Crippen molar-refractivity contribution in [2.75, 3.05) is 5.73 Å². The molecule has 4 rings (SSSR count). The molecule has 2 aromatic rings. The summed E-state index contributed by atoms with van der Waals surface area (Å²) in [6, 6.07) is 2.00. The van der Waals surface area contributed by atoms with Crippen LogP contribution in [-0.4, -0.2) is 60.8 Å². The molecule has 166 valence electrons. The maximum Gasteiger partial charge on any atom is 0.353 e. The van der Waals surface area contributed by atoms with E-state index in [9.17, 15) is 24.7 Å². The molecule has 1 fully saturated rings. The molecule has 32 heavy (non-hydrogen) atoms. The average molecular weight is 495 g/mol. The standard InChI is InChI=1S/C18H15ClN6O5S2/c19-14-11(23-18(20)32-14)12(24-30)15(26)22-10-8-3-4-9(31-7-2-1-5-21-6-7)13(17(28)29)25(8)16(10)27/h1-2,5-6,8,10,30H,3-4H2,(H2,20,23)(H,22,26)(H,28,29)/b24-12-. The number of carboxylic acids is 1. The zero-order valence-corrected chi connectivity index (χ0v) is 18.4. The molecular formula is C18H15ClN6O5S2. The number of anilines is 1. The molecule has 2 unspecified atom stereocenters. The summed E-state index contributed by atoms with van der Waals surface area (Å²) >= 11 is 8.11. The van der Waals surface area contributed by atoms with Crippen molar-refractivity contribution in [2.45, 2.75) is 29.8 Å². The van der Waals surface area contributed by atoms with Crippen LogP contribution in [-0.2, 0) is 14.4 Å². The zero-order chi connectivity index (χ0) is 23.0. The highest BCUT2D eigenvalue weighted by atomic mass is 35.5. The number of halogens is 1. The monoisotopic (exact) mass is 494 g/mol. The molecule has 2 amide bonds. The van der Waals surface area contributed by atoms with Crippen molar-refractivity contribution < 1.29 is 24.7 Å². The topological polar surface area (TPSA) is 171 Å². The first-order chi connectivity index (χ1) is 15.3. The number of thioether (sulfide) groups is 1. The van der Waals surface area contributed by atoms with Crippen LogP contribution in [0.3, 0.4) is 0 Å². The lowest BCUT2D eigenvalue weighted by molar-refractivity contribution is -0.155. The van der Waals surface area contributed by atoms with E-state index < -0.39 is 35.6 Å². The number of amides is 2. The second kappa shape index (κ2) is 8.76. The number of oxime groups is 1. The van der Waals surface area contributed by atoms with Gasteiger partial charge in [-0.25, -0.2) is 9.78 Å². The number of carbonyl (C=O) groups is 3. The predicted molar refractivity (Wildman–Crippen MR) is 116 cm³/mol. The SMILES string of the molecule is Nc1nc(/C(=N/O)C(=O)NC2C(=O)N3C(C(=O)O)=C(Sc4cccnc4)CCC23)c(Cl)s1. The first kappa shape index (κ1) is 22.0. The predicted octanol–water partition coefficient (Wildman–Crippen LogP) is 1.53. The number of rotatable bonds is 6. The number of β-lactam (4-membered cyclic amide) rings is 1. The third-order valence-electron chi connectivity index (χ3n) is 4.90. The number of allylic oxidation sites excluding steroid dienone is 1. The van der Waals surface area contributed by atoms with Gasteiger partial charge in [0.2, 0.25) is 0 Å². The summed E-state index contributed by atoms with van der Waals surface area (Å²) in [5.74, 6) is -2.69. The molecule has 0 bridgehead atoms. The highest BCUT2D eigenvalue weighted by Crippen LogP contribution is 2.43. The van der Waals surface area contributed by atoms with Gasteiger partial charge < -0.3 is 21.4 Å². The lowest BCUT2D eigenvalue weighted by Gasteiger charge is -2.50. The molecule has 5 N–H and O–H groups in total. The number of aliphatic carboxylic acids is 1. The normalized spacial score (nSPS) is 20.6. The number of fused-ring (bicyclic) bond motifs is 1. The molecule has 2 aliphatic rings. The summed E-state index contributed by atoms with van der Waals surface area (Å²) in [6.45, 7) is 0. The van der Waals surface area contributed by atoms with Gasteiger partial charge in [0.25, 0.3) is 11.8 Å². The van der Waals surface area contributed by atoms with Crippen LogP contribution in [0.25, 0.3) is 0 Å². The molecule has 2 atom stereocenters. The van der Waals surface area contributed by atoms with Crippen LogP contribution in [0.15, 0.2) is 45.2 Å². The Morgan fingerprint density at radius 2 is 2.22 bits per heavy atom. The molecule has 0 spiro atoms. The molecule has 2 aliphatic heterocycles. The van der Waals surface area contributed by atoms with Crippen molar-refractivity contribution in [3.63, 3.8) is 0 Å². The van der Waals surface area contributed by atoms with Crippen LogP contribution < -0.4 is 11.1 Å². The Bertz CT molecular complexity index is 1170.